The molecule has 1 aromatic heterocycles. The Balaban J connectivity index is 0.00000304. The molecule has 1 aliphatic carbocycles. The number of nitrogens with zero attached hydrogens (tertiary/aromatic N) is 2. The first kappa shape index (κ1) is 25.6. The molecule has 2 atom stereocenters. The van der Waals surface area contributed by atoms with Gasteiger partial charge in [-0.25, -0.2) is 18.6 Å². The van der Waals surface area contributed by atoms with Gasteiger partial charge in [0.05, 0.1) is 5.56 Å². The zero-order chi connectivity index (χ0) is 24.5. The zero-order valence-electron chi connectivity index (χ0n) is 18.8. The molecule has 36 heavy (non-hydrogen) atoms. The van der Waals surface area contributed by atoms with E-state index in [1.54, 1.807) is 0 Å². The minimum atomic E-state index is -0.941. The maximum atomic E-state index is 14.0. The van der Waals surface area contributed by atoms with Crippen molar-refractivity contribution in [1.29, 1.82) is 0 Å². The van der Waals surface area contributed by atoms with Crippen LogP contribution in [0.2, 0.25) is 0 Å². The van der Waals surface area contributed by atoms with Crippen molar-refractivity contribution >= 4 is 34.1 Å². The summed E-state index contributed by atoms with van der Waals surface area (Å²) in [4.78, 5) is 31.3. The van der Waals surface area contributed by atoms with E-state index in [2.05, 4.69) is 27.8 Å². The van der Waals surface area contributed by atoms with Gasteiger partial charge in [0, 0.05) is 31.1 Å². The highest BCUT2D eigenvalue weighted by Crippen LogP contribution is 2.40. The average Bonchev–Trinajstić information content (AvgIpc) is 3.52. The molecule has 0 radical (unpaired) electrons. The lowest BCUT2D eigenvalue weighted by Crippen LogP contribution is -2.47. The Morgan fingerprint density at radius 3 is 2.36 bits per heavy atom. The number of nitrogens with one attached hydrogen (secondary N) is 2. The van der Waals surface area contributed by atoms with E-state index in [9.17, 15) is 18.4 Å². The number of urea groups is 1. The molecule has 2 aliphatic rings. The number of nitrogens with two attached hydrogens (primary N) is 1. The summed E-state index contributed by atoms with van der Waals surface area (Å²) in [7, 11) is 0. The first-order valence-electron chi connectivity index (χ1n) is 11.5. The summed E-state index contributed by atoms with van der Waals surface area (Å²) >= 11 is 0.972. The summed E-state index contributed by atoms with van der Waals surface area (Å²) in [6, 6.07) is 13.6. The van der Waals surface area contributed by atoms with Gasteiger partial charge in [-0.2, -0.15) is 0 Å². The van der Waals surface area contributed by atoms with Crippen LogP contribution in [-0.4, -0.2) is 46.9 Å². The molecule has 7 nitrogen and oxygen atoms in total. The van der Waals surface area contributed by atoms with E-state index in [1.807, 2.05) is 23.1 Å². The number of hydrogen-bond acceptors (Lipinski definition) is 6. The highest BCUT2D eigenvalue weighted by Gasteiger charge is 2.40. The van der Waals surface area contributed by atoms with E-state index in [4.69, 9.17) is 5.73 Å². The number of halogens is 2. The Labute approximate surface area is 212 Å². The fourth-order valence-electron chi connectivity index (χ4n) is 4.46. The number of carbonyl (C=O) groups excluding carboxylic acids is 2. The number of anilines is 2. The van der Waals surface area contributed by atoms with Crippen molar-refractivity contribution in [3.05, 3.63) is 76.2 Å². The van der Waals surface area contributed by atoms with Crippen LogP contribution in [-0.2, 0) is 0 Å². The molecule has 1 aliphatic heterocycles. The first-order chi connectivity index (χ1) is 16.9. The predicted octanol–water partition coefficient (Wildman–Crippen LogP) is 5.01. The van der Waals surface area contributed by atoms with E-state index in [-0.39, 0.29) is 36.2 Å². The molecule has 0 bridgehead atoms. The molecule has 1 saturated carbocycles. The monoisotopic (exact) mass is 513 g/mol. The topological polar surface area (TPSA) is 100 Å². The minimum absolute atomic E-state index is 0. The Morgan fingerprint density at radius 2 is 1.69 bits per heavy atom. The average molecular weight is 514 g/mol. The molecule has 5 rings (SSSR count). The molecule has 2 heterocycles. The normalized spacial score (nSPS) is 19.3. The lowest BCUT2D eigenvalue weighted by molar-refractivity contribution is 0.103. The standard InChI is InChI=1S/C25H25F2N5O2S.CH4/c26-17-7-4-8-18(27)20(17)21(33)22-23(28)31-24(35-22)29-15-9-11-32(12-10-15)25(34)30-19-13-16(19)14-5-2-1-3-6-14;/h1-8,15-16,19H,9-13,28H2,(H,29,31)(H,30,34);1H4/t16-,19?;/m0./s1. The van der Waals surface area contributed by atoms with Gasteiger partial charge in [-0.3, -0.25) is 4.79 Å². The molecule has 2 amide bonds. The van der Waals surface area contributed by atoms with Crippen molar-refractivity contribution in [3.8, 4) is 0 Å². The number of piperidine rings is 1. The number of hydrogen-bond donors (Lipinski definition) is 3. The smallest absolute Gasteiger partial charge is 0.317 e. The molecule has 0 spiro atoms. The molecule has 2 aromatic carbocycles. The number of likely N-dealkylation sites (tertiary alicyclic amines) is 1. The summed E-state index contributed by atoms with van der Waals surface area (Å²) in [6.45, 7) is 1.17. The van der Waals surface area contributed by atoms with Crippen LogP contribution < -0.4 is 16.4 Å². The number of thiazole rings is 1. The molecular weight excluding hydrogens is 484 g/mol. The van der Waals surface area contributed by atoms with Crippen molar-refractivity contribution in [3.63, 3.8) is 0 Å². The quantitative estimate of drug-likeness (QED) is 0.402. The third-order valence-electron chi connectivity index (χ3n) is 6.49. The third kappa shape index (κ3) is 5.33. The number of carbonyl (C=O) groups is 2. The van der Waals surface area contributed by atoms with E-state index < -0.39 is 23.0 Å². The van der Waals surface area contributed by atoms with Gasteiger partial charge < -0.3 is 21.3 Å². The van der Waals surface area contributed by atoms with Gasteiger partial charge in [0.15, 0.2) is 5.13 Å². The first-order valence-corrected chi connectivity index (χ1v) is 12.3. The Hall–Kier alpha value is -3.53. The van der Waals surface area contributed by atoms with E-state index >= 15 is 0 Å². The molecule has 2 fully saturated rings. The van der Waals surface area contributed by atoms with Crippen LogP contribution in [0.4, 0.5) is 24.5 Å². The Morgan fingerprint density at radius 1 is 1.03 bits per heavy atom. The van der Waals surface area contributed by atoms with Gasteiger partial charge in [0.1, 0.15) is 22.3 Å². The summed E-state index contributed by atoms with van der Waals surface area (Å²) in [5, 5.41) is 6.79. The summed E-state index contributed by atoms with van der Waals surface area (Å²) in [5.41, 5.74) is 6.49. The van der Waals surface area contributed by atoms with Crippen LogP contribution in [0.25, 0.3) is 0 Å². The fraction of sp³-hybridized carbons (Fsp3) is 0.346. The van der Waals surface area contributed by atoms with Crippen molar-refractivity contribution < 1.29 is 18.4 Å². The molecule has 1 saturated heterocycles. The second kappa shape index (κ2) is 10.6. The van der Waals surface area contributed by atoms with Gasteiger partial charge in [-0.05, 0) is 37.0 Å². The van der Waals surface area contributed by atoms with Crippen LogP contribution in [0, 0.1) is 11.6 Å². The maximum Gasteiger partial charge on any atom is 0.317 e. The van der Waals surface area contributed by atoms with Gasteiger partial charge in [0.25, 0.3) is 0 Å². The maximum absolute atomic E-state index is 14.0. The van der Waals surface area contributed by atoms with Crippen molar-refractivity contribution in [2.24, 2.45) is 0 Å². The number of amides is 2. The highest BCUT2D eigenvalue weighted by molar-refractivity contribution is 7.18. The number of rotatable bonds is 6. The van der Waals surface area contributed by atoms with Crippen molar-refractivity contribution in [1.82, 2.24) is 15.2 Å². The third-order valence-corrected chi connectivity index (χ3v) is 7.49. The molecular formula is C26H29F2N5O2S. The van der Waals surface area contributed by atoms with Gasteiger partial charge >= 0.3 is 6.03 Å². The number of ketones is 1. The van der Waals surface area contributed by atoms with E-state index in [0.29, 0.717) is 37.0 Å². The van der Waals surface area contributed by atoms with Gasteiger partial charge in [0.2, 0.25) is 5.78 Å². The van der Waals surface area contributed by atoms with E-state index in [1.165, 1.54) is 11.6 Å². The SMILES string of the molecule is C.Nc1nc(NC2CCN(C(=O)NC3C[C@H]3c3ccccc3)CC2)sc1C(=O)c1c(F)cccc1F. The van der Waals surface area contributed by atoms with Crippen LogP contribution in [0.1, 0.15) is 53.4 Å². The Bertz CT molecular complexity index is 1220. The summed E-state index contributed by atoms with van der Waals surface area (Å²) in [6.07, 6.45) is 2.35. The lowest BCUT2D eigenvalue weighted by atomic mass is 10.1. The molecule has 3 aromatic rings. The molecule has 10 heteroatoms. The minimum Gasteiger partial charge on any atom is -0.382 e. The van der Waals surface area contributed by atoms with Gasteiger partial charge in [-0.1, -0.05) is 55.2 Å². The predicted molar refractivity (Wildman–Crippen MR) is 137 cm³/mol. The van der Waals surface area contributed by atoms with E-state index in [0.717, 1.165) is 29.9 Å². The van der Waals surface area contributed by atoms with Gasteiger partial charge in [-0.15, -0.1) is 0 Å². The summed E-state index contributed by atoms with van der Waals surface area (Å²) in [5.74, 6) is -2.40. The molecule has 190 valence electrons. The fourth-order valence-corrected chi connectivity index (χ4v) is 5.37. The molecule has 4 N–H and O–H groups in total. The number of aromatic nitrogens is 1. The van der Waals surface area contributed by atoms with Crippen LogP contribution in [0.5, 0.6) is 0 Å². The number of nitrogen functional groups attached to an aromatic ring is 1. The second-order valence-electron chi connectivity index (χ2n) is 8.87. The second-order valence-corrected chi connectivity index (χ2v) is 9.87. The lowest BCUT2D eigenvalue weighted by Gasteiger charge is -2.32. The zero-order valence-corrected chi connectivity index (χ0v) is 19.7. The highest BCUT2D eigenvalue weighted by atomic mass is 32.1. The van der Waals surface area contributed by atoms with Crippen molar-refractivity contribution in [2.75, 3.05) is 24.1 Å². The Kier molecular flexibility index (Phi) is 7.53. The van der Waals surface area contributed by atoms with Crippen LogP contribution in [0.3, 0.4) is 0 Å². The van der Waals surface area contributed by atoms with Crippen molar-refractivity contribution in [2.45, 2.75) is 44.7 Å². The van der Waals surface area contributed by atoms with Crippen LogP contribution >= 0.6 is 11.3 Å². The largest absolute Gasteiger partial charge is 0.382 e. The molecule has 1 unspecified atom stereocenters. The number of benzene rings is 2. The summed E-state index contributed by atoms with van der Waals surface area (Å²) < 4.78 is 28.0. The van der Waals surface area contributed by atoms with Crippen LogP contribution in [0.15, 0.2) is 48.5 Å².